The number of carbonyl (C=O) groups is 2. The van der Waals surface area contributed by atoms with Crippen LogP contribution in [0.5, 0.6) is 0 Å². The number of carbonyl (C=O) groups excluding carboxylic acids is 2. The maximum absolute atomic E-state index is 11.5. The highest BCUT2D eigenvalue weighted by atomic mass is 35.5. The number of halogens is 1. The van der Waals surface area contributed by atoms with Crippen molar-refractivity contribution in [3.8, 4) is 0 Å². The molecule has 0 aliphatic carbocycles. The summed E-state index contributed by atoms with van der Waals surface area (Å²) in [6, 6.07) is 0. The van der Waals surface area contributed by atoms with Crippen molar-refractivity contribution in [1.29, 1.82) is 0 Å². The fourth-order valence-corrected chi connectivity index (χ4v) is 1.42. The van der Waals surface area contributed by atoms with E-state index in [0.29, 0.717) is 5.69 Å². The van der Waals surface area contributed by atoms with Gasteiger partial charge in [0.1, 0.15) is 13.1 Å². The summed E-state index contributed by atoms with van der Waals surface area (Å²) in [6.07, 6.45) is 0. The van der Waals surface area contributed by atoms with Gasteiger partial charge in [0.15, 0.2) is 5.02 Å². The van der Waals surface area contributed by atoms with Crippen molar-refractivity contribution in [3.05, 3.63) is 20.8 Å². The first-order valence-corrected chi connectivity index (χ1v) is 5.45. The lowest BCUT2D eigenvalue weighted by atomic mass is 10.4. The Hall–Kier alpha value is -2.16. The van der Waals surface area contributed by atoms with Gasteiger partial charge in [0.25, 0.3) is 0 Å². The first-order valence-electron chi connectivity index (χ1n) is 5.07. The van der Waals surface area contributed by atoms with Crippen molar-refractivity contribution in [2.75, 3.05) is 13.7 Å². The smallest absolute Gasteiger partial charge is 0.408 e. The van der Waals surface area contributed by atoms with Crippen LogP contribution in [0.15, 0.2) is 0 Å². The molecule has 0 unspecified atom stereocenters. The monoisotopic (exact) mass is 290 g/mol. The van der Waals surface area contributed by atoms with Gasteiger partial charge in [-0.25, -0.2) is 0 Å². The molecule has 1 aromatic rings. The molecule has 1 N–H and O–H groups in total. The highest BCUT2D eigenvalue weighted by Crippen LogP contribution is 2.26. The fourth-order valence-electron chi connectivity index (χ4n) is 1.21. The molecule has 0 fully saturated rings. The minimum absolute atomic E-state index is 0.120. The number of hydrogen-bond donors (Lipinski definition) is 1. The van der Waals surface area contributed by atoms with Crippen LogP contribution in [0.3, 0.4) is 0 Å². The van der Waals surface area contributed by atoms with Gasteiger partial charge >= 0.3 is 11.8 Å². The molecule has 0 aromatic carbocycles. The molecule has 0 saturated carbocycles. The molecule has 0 bridgehead atoms. The van der Waals surface area contributed by atoms with Crippen molar-refractivity contribution in [2.24, 2.45) is 0 Å². The highest BCUT2D eigenvalue weighted by molar-refractivity contribution is 6.33. The molecule has 1 rings (SSSR count). The Morgan fingerprint density at radius 1 is 1.58 bits per heavy atom. The van der Waals surface area contributed by atoms with Crippen molar-refractivity contribution < 1.29 is 19.2 Å². The first-order chi connectivity index (χ1) is 8.86. The Morgan fingerprint density at radius 2 is 2.21 bits per heavy atom. The lowest BCUT2D eigenvalue weighted by Gasteiger charge is -2.02. The molecule has 1 heterocycles. The van der Waals surface area contributed by atoms with E-state index in [-0.39, 0.29) is 18.1 Å². The van der Waals surface area contributed by atoms with Crippen molar-refractivity contribution in [3.63, 3.8) is 0 Å². The van der Waals surface area contributed by atoms with E-state index in [4.69, 9.17) is 11.6 Å². The number of ether oxygens (including phenoxy) is 1. The SMILES string of the molecule is COC(=O)CNC(=O)Cn1nc([N+](=O)[O-])c(Cl)c1C. The molecule has 0 radical (unpaired) electrons. The van der Waals surface area contributed by atoms with Crippen LogP contribution in [0.2, 0.25) is 5.02 Å². The van der Waals surface area contributed by atoms with Gasteiger partial charge in [0.05, 0.1) is 17.9 Å². The third kappa shape index (κ3) is 3.65. The van der Waals surface area contributed by atoms with E-state index in [1.54, 1.807) is 0 Å². The minimum atomic E-state index is -0.738. The van der Waals surface area contributed by atoms with Crippen LogP contribution < -0.4 is 5.32 Å². The summed E-state index contributed by atoms with van der Waals surface area (Å²) in [4.78, 5) is 32.2. The third-order valence-corrected chi connectivity index (χ3v) is 2.68. The number of esters is 1. The molecule has 10 heteroatoms. The largest absolute Gasteiger partial charge is 0.468 e. The summed E-state index contributed by atoms with van der Waals surface area (Å²) in [5, 5.41) is 16.4. The number of amides is 1. The van der Waals surface area contributed by atoms with E-state index in [9.17, 15) is 19.7 Å². The molecular weight excluding hydrogens is 280 g/mol. The zero-order valence-corrected chi connectivity index (χ0v) is 10.9. The van der Waals surface area contributed by atoms with Crippen LogP contribution >= 0.6 is 11.6 Å². The summed E-state index contributed by atoms with van der Waals surface area (Å²) in [6.45, 7) is 0.928. The standard InChI is InChI=1S/C9H11ClN4O5/c1-5-8(10)9(14(17)18)12-13(5)4-6(15)11-3-7(16)19-2/h3-4H2,1-2H3,(H,11,15). The first kappa shape index (κ1) is 14.9. The number of rotatable bonds is 5. The second kappa shape index (κ2) is 6.14. The van der Waals surface area contributed by atoms with Crippen LogP contribution in [0.25, 0.3) is 0 Å². The average molecular weight is 291 g/mol. The number of aromatic nitrogens is 2. The topological polar surface area (TPSA) is 116 Å². The zero-order chi connectivity index (χ0) is 14.6. The van der Waals surface area contributed by atoms with Gasteiger partial charge < -0.3 is 20.2 Å². The molecule has 0 spiro atoms. The maximum Gasteiger partial charge on any atom is 0.408 e. The van der Waals surface area contributed by atoms with Gasteiger partial charge in [-0.3, -0.25) is 9.59 Å². The van der Waals surface area contributed by atoms with E-state index in [0.717, 1.165) is 4.68 Å². The van der Waals surface area contributed by atoms with Crippen LogP contribution in [-0.2, 0) is 20.9 Å². The lowest BCUT2D eigenvalue weighted by molar-refractivity contribution is -0.389. The van der Waals surface area contributed by atoms with Crippen molar-refractivity contribution >= 4 is 29.3 Å². The summed E-state index contributed by atoms with van der Waals surface area (Å²) in [7, 11) is 1.19. The molecular formula is C9H11ClN4O5. The van der Waals surface area contributed by atoms with E-state index < -0.39 is 22.6 Å². The molecule has 0 atom stereocenters. The summed E-state index contributed by atoms with van der Waals surface area (Å²) in [5.74, 6) is -1.66. The van der Waals surface area contributed by atoms with Gasteiger partial charge in [-0.1, -0.05) is 11.6 Å². The Balaban J connectivity index is 2.72. The van der Waals surface area contributed by atoms with Gasteiger partial charge in [0.2, 0.25) is 5.91 Å². The highest BCUT2D eigenvalue weighted by Gasteiger charge is 2.24. The van der Waals surface area contributed by atoms with Crippen molar-refractivity contribution in [1.82, 2.24) is 15.1 Å². The van der Waals surface area contributed by atoms with Gasteiger partial charge in [-0.2, -0.15) is 4.68 Å². The van der Waals surface area contributed by atoms with Gasteiger partial charge in [-0.15, -0.1) is 0 Å². The second-order valence-electron chi connectivity index (χ2n) is 3.49. The van der Waals surface area contributed by atoms with Crippen LogP contribution in [-0.4, -0.2) is 40.2 Å². The van der Waals surface area contributed by atoms with E-state index in [1.807, 2.05) is 0 Å². The molecule has 9 nitrogen and oxygen atoms in total. The predicted molar refractivity (Wildman–Crippen MR) is 63.7 cm³/mol. The number of methoxy groups -OCH3 is 1. The number of nitrogens with zero attached hydrogens (tertiary/aromatic N) is 3. The maximum atomic E-state index is 11.5. The van der Waals surface area contributed by atoms with Crippen LogP contribution in [0.1, 0.15) is 5.69 Å². The van der Waals surface area contributed by atoms with E-state index >= 15 is 0 Å². The second-order valence-corrected chi connectivity index (χ2v) is 3.87. The number of nitro groups is 1. The molecule has 19 heavy (non-hydrogen) atoms. The molecule has 0 saturated heterocycles. The molecule has 0 aliphatic rings. The number of nitrogens with one attached hydrogen (secondary N) is 1. The summed E-state index contributed by atoms with van der Waals surface area (Å²) in [5.41, 5.74) is 0.293. The van der Waals surface area contributed by atoms with Crippen LogP contribution in [0, 0.1) is 17.0 Å². The Morgan fingerprint density at radius 3 is 2.68 bits per heavy atom. The Labute approximate surface area is 112 Å². The van der Waals surface area contributed by atoms with E-state index in [2.05, 4.69) is 15.2 Å². The minimum Gasteiger partial charge on any atom is -0.468 e. The predicted octanol–water partition coefficient (Wildman–Crippen LogP) is 0.0423. The zero-order valence-electron chi connectivity index (χ0n) is 10.2. The number of hydrogen-bond acceptors (Lipinski definition) is 6. The third-order valence-electron chi connectivity index (χ3n) is 2.24. The average Bonchev–Trinajstić information content (AvgIpc) is 2.64. The molecule has 104 valence electrons. The van der Waals surface area contributed by atoms with Crippen LogP contribution in [0.4, 0.5) is 5.82 Å². The van der Waals surface area contributed by atoms with Gasteiger partial charge in [-0.05, 0) is 11.8 Å². The fraction of sp³-hybridized carbons (Fsp3) is 0.444. The quantitative estimate of drug-likeness (QED) is 0.465. The molecule has 0 aliphatic heterocycles. The van der Waals surface area contributed by atoms with Gasteiger partial charge in [0, 0.05) is 0 Å². The normalized spacial score (nSPS) is 10.1. The van der Waals surface area contributed by atoms with E-state index in [1.165, 1.54) is 14.0 Å². The summed E-state index contributed by atoms with van der Waals surface area (Å²) >= 11 is 5.71. The van der Waals surface area contributed by atoms with Crippen molar-refractivity contribution in [2.45, 2.75) is 13.5 Å². The Kier molecular flexibility index (Phi) is 4.81. The summed E-state index contributed by atoms with van der Waals surface area (Å²) < 4.78 is 5.43. The lowest BCUT2D eigenvalue weighted by Crippen LogP contribution is -2.33. The Bertz CT molecular complexity index is 527. The molecule has 1 aromatic heterocycles. The molecule has 1 amide bonds.